The van der Waals surface area contributed by atoms with Gasteiger partial charge in [-0.05, 0) is 12.8 Å². The number of aliphatic hydroxyl groups is 6. The minimum absolute atomic E-state index is 0.194. The Kier molecular flexibility index (Phi) is 32.8. The van der Waals surface area contributed by atoms with Crippen molar-refractivity contribution in [1.82, 2.24) is 0 Å². The number of hydrogen-bond donors (Lipinski definition) is 6. The zero-order valence-corrected chi connectivity index (χ0v) is 38.4. The van der Waals surface area contributed by atoms with Crippen molar-refractivity contribution in [3.63, 3.8) is 0 Å². The van der Waals surface area contributed by atoms with E-state index in [4.69, 9.17) is 23.7 Å². The average molecular weight is 875 g/mol. The Balaban J connectivity index is 1.61. The van der Waals surface area contributed by atoms with Crippen LogP contribution in [0.25, 0.3) is 0 Å². The van der Waals surface area contributed by atoms with E-state index in [2.05, 4.69) is 13.8 Å². The van der Waals surface area contributed by atoms with Gasteiger partial charge in [-0.3, -0.25) is 9.59 Å². The van der Waals surface area contributed by atoms with E-state index in [0.29, 0.717) is 12.8 Å². The third-order valence-electron chi connectivity index (χ3n) is 12.4. The van der Waals surface area contributed by atoms with Gasteiger partial charge >= 0.3 is 11.9 Å². The van der Waals surface area contributed by atoms with Gasteiger partial charge in [0.15, 0.2) is 12.6 Å². The summed E-state index contributed by atoms with van der Waals surface area (Å²) in [6, 6.07) is 0. The van der Waals surface area contributed by atoms with Crippen LogP contribution < -0.4 is 0 Å². The molecule has 13 heteroatoms. The van der Waals surface area contributed by atoms with Crippen molar-refractivity contribution in [2.24, 2.45) is 0 Å². The number of unbranched alkanes of at least 4 members (excludes halogenated alkanes) is 28. The van der Waals surface area contributed by atoms with Gasteiger partial charge in [0.1, 0.15) is 62.0 Å². The van der Waals surface area contributed by atoms with E-state index in [1.54, 1.807) is 0 Å². The van der Waals surface area contributed by atoms with Crippen molar-refractivity contribution in [2.45, 2.75) is 281 Å². The molecular weight excluding hydrogens is 785 g/mol. The first-order valence-electron chi connectivity index (χ1n) is 25.0. The highest BCUT2D eigenvalue weighted by molar-refractivity contribution is 5.69. The molecule has 10 atom stereocenters. The molecule has 6 N–H and O–H groups in total. The lowest BCUT2D eigenvalue weighted by atomic mass is 9.98. The Labute approximate surface area is 369 Å². The third-order valence-corrected chi connectivity index (χ3v) is 12.4. The molecule has 0 bridgehead atoms. The summed E-state index contributed by atoms with van der Waals surface area (Å²) in [5, 5.41) is 63.5. The van der Waals surface area contributed by atoms with E-state index in [9.17, 15) is 40.2 Å². The molecule has 2 heterocycles. The molecule has 2 rings (SSSR count). The second kappa shape index (κ2) is 35.9. The van der Waals surface area contributed by atoms with Crippen LogP contribution in [-0.2, 0) is 33.3 Å². The Morgan fingerprint density at radius 3 is 0.869 bits per heavy atom. The van der Waals surface area contributed by atoms with Crippen LogP contribution in [-0.4, -0.2) is 117 Å². The minimum Gasteiger partial charge on any atom is -0.463 e. The van der Waals surface area contributed by atoms with E-state index in [-0.39, 0.29) is 12.8 Å². The molecule has 0 radical (unpaired) electrons. The second-order valence-corrected chi connectivity index (χ2v) is 17.9. The first-order valence-corrected chi connectivity index (χ1v) is 25.0. The quantitative estimate of drug-likeness (QED) is 0.0256. The fourth-order valence-electron chi connectivity index (χ4n) is 8.24. The van der Waals surface area contributed by atoms with Crippen molar-refractivity contribution in [2.75, 3.05) is 13.2 Å². The standard InChI is InChI=1S/C48H90O13/c1-3-5-7-9-11-13-15-17-19-21-23-25-27-29-31-33-39(49)57-35-37-41(51)43(53)45(55)47(59-37)61-48-46(56)44(54)42(52)38(60-48)36-58-40(50)34-32-30-28-26-24-22-20-18-16-14-12-10-8-6-4-2/h37-38,41-48,51-56H,3-36H2,1-2H3/t37-,38-,41-,42-,43+,44+,45-,46-,47-,48-/m1/s1. The lowest BCUT2D eigenvalue weighted by molar-refractivity contribution is -0.376. The monoisotopic (exact) mass is 875 g/mol. The molecule has 360 valence electrons. The van der Waals surface area contributed by atoms with Gasteiger partial charge in [0.05, 0.1) is 0 Å². The van der Waals surface area contributed by atoms with Crippen molar-refractivity contribution in [3.8, 4) is 0 Å². The van der Waals surface area contributed by atoms with Crippen LogP contribution in [0, 0.1) is 0 Å². The molecular formula is C48H90O13. The summed E-state index contributed by atoms with van der Waals surface area (Å²) in [6.45, 7) is 3.65. The minimum atomic E-state index is -1.80. The molecule has 0 unspecified atom stereocenters. The Hall–Kier alpha value is -1.42. The van der Waals surface area contributed by atoms with E-state index in [1.165, 1.54) is 141 Å². The van der Waals surface area contributed by atoms with Crippen LogP contribution in [0.15, 0.2) is 0 Å². The number of esters is 2. The maximum absolute atomic E-state index is 12.5. The lowest BCUT2D eigenvalue weighted by Gasteiger charge is -2.44. The number of ether oxygens (including phenoxy) is 5. The van der Waals surface area contributed by atoms with Gasteiger partial charge in [-0.25, -0.2) is 0 Å². The molecule has 2 aliphatic heterocycles. The molecule has 0 spiro atoms. The van der Waals surface area contributed by atoms with Crippen LogP contribution >= 0.6 is 0 Å². The second-order valence-electron chi connectivity index (χ2n) is 17.9. The van der Waals surface area contributed by atoms with E-state index < -0.39 is 86.6 Å². The zero-order valence-electron chi connectivity index (χ0n) is 38.4. The van der Waals surface area contributed by atoms with Crippen molar-refractivity contribution < 1.29 is 63.9 Å². The maximum atomic E-state index is 12.5. The first-order chi connectivity index (χ1) is 29.6. The first kappa shape index (κ1) is 55.7. The number of aliphatic hydroxyl groups excluding tert-OH is 6. The highest BCUT2D eigenvalue weighted by Gasteiger charge is 2.50. The molecule has 2 aliphatic rings. The van der Waals surface area contributed by atoms with Gasteiger partial charge in [0.2, 0.25) is 0 Å². The summed E-state index contributed by atoms with van der Waals surface area (Å²) in [5.74, 6) is -0.965. The highest BCUT2D eigenvalue weighted by Crippen LogP contribution is 2.29. The van der Waals surface area contributed by atoms with Crippen LogP contribution in [0.1, 0.15) is 219 Å². The predicted octanol–water partition coefficient (Wildman–Crippen LogP) is 8.23. The highest BCUT2D eigenvalue weighted by atomic mass is 16.8. The van der Waals surface area contributed by atoms with Gasteiger partial charge in [-0.1, -0.05) is 194 Å². The van der Waals surface area contributed by atoms with E-state index in [0.717, 1.165) is 38.5 Å². The normalized spacial score (nSPS) is 26.7. The number of rotatable bonds is 38. The molecule has 2 fully saturated rings. The van der Waals surface area contributed by atoms with Crippen LogP contribution in [0.3, 0.4) is 0 Å². The Morgan fingerprint density at radius 2 is 0.607 bits per heavy atom. The Morgan fingerprint density at radius 1 is 0.361 bits per heavy atom. The zero-order chi connectivity index (χ0) is 44.5. The molecule has 0 aromatic heterocycles. The molecule has 61 heavy (non-hydrogen) atoms. The Bertz CT molecular complexity index is 985. The number of carbonyl (C=O) groups excluding carboxylic acids is 2. The van der Waals surface area contributed by atoms with Gasteiger partial charge < -0.3 is 54.3 Å². The van der Waals surface area contributed by atoms with Crippen molar-refractivity contribution >= 4 is 11.9 Å². The molecule has 0 saturated carbocycles. The summed E-state index contributed by atoms with van der Waals surface area (Å²) < 4.78 is 27.6. The average Bonchev–Trinajstić information content (AvgIpc) is 3.25. The molecule has 0 aromatic rings. The van der Waals surface area contributed by atoms with E-state index >= 15 is 0 Å². The van der Waals surface area contributed by atoms with Crippen molar-refractivity contribution in [1.29, 1.82) is 0 Å². The van der Waals surface area contributed by atoms with Crippen LogP contribution in [0.5, 0.6) is 0 Å². The number of carbonyl (C=O) groups is 2. The fourth-order valence-corrected chi connectivity index (χ4v) is 8.24. The summed E-state index contributed by atoms with van der Waals surface area (Å²) in [7, 11) is 0. The van der Waals surface area contributed by atoms with Gasteiger partial charge in [-0.2, -0.15) is 0 Å². The van der Waals surface area contributed by atoms with Crippen LogP contribution in [0.2, 0.25) is 0 Å². The summed E-state index contributed by atoms with van der Waals surface area (Å²) >= 11 is 0. The van der Waals surface area contributed by atoms with Gasteiger partial charge in [0, 0.05) is 12.8 Å². The smallest absolute Gasteiger partial charge is 0.305 e. The largest absolute Gasteiger partial charge is 0.463 e. The SMILES string of the molecule is CCCCCCCCCCCCCCCCCC(=O)OC[C@H]1O[C@H](O[C@H]2O[C@H](COC(=O)CCCCCCCCCCCCCCCCC)[C@@H](O)[C@H](O)[C@H]2O)[C@H](O)[C@@H](O)[C@@H]1O. The van der Waals surface area contributed by atoms with Gasteiger partial charge in [0.25, 0.3) is 0 Å². The third kappa shape index (κ3) is 25.0. The van der Waals surface area contributed by atoms with E-state index in [1.807, 2.05) is 0 Å². The molecule has 0 aromatic carbocycles. The van der Waals surface area contributed by atoms with Gasteiger partial charge in [-0.15, -0.1) is 0 Å². The maximum Gasteiger partial charge on any atom is 0.305 e. The predicted molar refractivity (Wildman–Crippen MR) is 235 cm³/mol. The topological polar surface area (TPSA) is 202 Å². The molecule has 0 amide bonds. The summed E-state index contributed by atoms with van der Waals surface area (Å²) in [4.78, 5) is 24.9. The van der Waals surface area contributed by atoms with Crippen molar-refractivity contribution in [3.05, 3.63) is 0 Å². The fraction of sp³-hybridized carbons (Fsp3) is 0.958. The van der Waals surface area contributed by atoms with Crippen LogP contribution in [0.4, 0.5) is 0 Å². The number of hydrogen-bond acceptors (Lipinski definition) is 13. The molecule has 2 saturated heterocycles. The summed E-state index contributed by atoms with van der Waals surface area (Å²) in [6.07, 6.45) is 20.5. The molecule has 13 nitrogen and oxygen atoms in total. The summed E-state index contributed by atoms with van der Waals surface area (Å²) in [5.41, 5.74) is 0. The lowest BCUT2D eigenvalue weighted by Crippen LogP contribution is -2.64. The molecule has 0 aliphatic carbocycles.